The highest BCUT2D eigenvalue weighted by Crippen LogP contribution is 2.29. The molecule has 9 heteroatoms. The number of benzene rings is 1. The van der Waals surface area contributed by atoms with Crippen LogP contribution in [0.3, 0.4) is 0 Å². The molecule has 0 unspecified atom stereocenters. The summed E-state index contributed by atoms with van der Waals surface area (Å²) in [5, 5.41) is 18.0. The molecule has 0 radical (unpaired) electrons. The fourth-order valence-electron chi connectivity index (χ4n) is 3.70. The van der Waals surface area contributed by atoms with E-state index in [1.54, 1.807) is 17.4 Å². The topological polar surface area (TPSA) is 103 Å². The summed E-state index contributed by atoms with van der Waals surface area (Å²) in [4.78, 5) is 21.3. The zero-order valence-corrected chi connectivity index (χ0v) is 17.8. The summed E-state index contributed by atoms with van der Waals surface area (Å²) in [7, 11) is 0. The monoisotopic (exact) mass is 418 g/mol. The minimum absolute atomic E-state index is 0.136. The van der Waals surface area contributed by atoms with Gasteiger partial charge in [-0.05, 0) is 46.0 Å². The van der Waals surface area contributed by atoms with Crippen molar-refractivity contribution in [2.75, 3.05) is 13.2 Å². The van der Waals surface area contributed by atoms with Crippen LogP contribution >= 0.6 is 0 Å². The average molecular weight is 419 g/mol. The molecule has 1 N–H and O–H groups in total. The van der Waals surface area contributed by atoms with Crippen LogP contribution in [0.25, 0.3) is 22.5 Å². The Morgan fingerprint density at radius 3 is 2.65 bits per heavy atom. The summed E-state index contributed by atoms with van der Waals surface area (Å²) >= 11 is 0. The number of carbonyl (C=O) groups excluding carboxylic acids is 1. The molecule has 2 aromatic heterocycles. The van der Waals surface area contributed by atoms with Crippen LogP contribution in [0.2, 0.25) is 0 Å². The molecule has 9 nitrogen and oxygen atoms in total. The Hall–Kier alpha value is -3.62. The summed E-state index contributed by atoms with van der Waals surface area (Å²) < 4.78 is 0. The number of hydrazine groups is 1. The third kappa shape index (κ3) is 4.45. The maximum Gasteiger partial charge on any atom is 0.242 e. The second kappa shape index (κ2) is 9.46. The number of pyridine rings is 1. The van der Waals surface area contributed by atoms with Crippen molar-refractivity contribution in [1.82, 2.24) is 35.6 Å². The van der Waals surface area contributed by atoms with Crippen molar-refractivity contribution in [3.8, 4) is 22.5 Å². The molecule has 31 heavy (non-hydrogen) atoms. The van der Waals surface area contributed by atoms with Gasteiger partial charge in [-0.2, -0.15) is 0 Å². The molecule has 0 atom stereocenters. The first kappa shape index (κ1) is 20.6. The molecule has 0 fully saturated rings. The molecule has 0 spiro atoms. The van der Waals surface area contributed by atoms with Crippen LogP contribution in [-0.4, -0.2) is 60.6 Å². The maximum atomic E-state index is 12.4. The van der Waals surface area contributed by atoms with E-state index in [0.29, 0.717) is 25.3 Å². The van der Waals surface area contributed by atoms with Crippen LogP contribution in [0.15, 0.2) is 47.7 Å². The molecule has 0 saturated carbocycles. The average Bonchev–Trinajstić information content (AvgIpc) is 3.46. The van der Waals surface area contributed by atoms with E-state index in [2.05, 4.69) is 61.8 Å². The van der Waals surface area contributed by atoms with Crippen molar-refractivity contribution in [1.29, 1.82) is 0 Å². The van der Waals surface area contributed by atoms with E-state index < -0.39 is 0 Å². The zero-order valence-electron chi connectivity index (χ0n) is 17.8. The predicted molar refractivity (Wildman–Crippen MR) is 118 cm³/mol. The van der Waals surface area contributed by atoms with E-state index >= 15 is 0 Å². The molecule has 4 rings (SSSR count). The largest absolute Gasteiger partial charge is 0.273 e. The van der Waals surface area contributed by atoms with Gasteiger partial charge in [0.2, 0.25) is 5.91 Å². The summed E-state index contributed by atoms with van der Waals surface area (Å²) in [6, 6.07) is 10.3. The number of aliphatic imine (C=N–C) groups is 1. The molecule has 3 aromatic rings. The number of aromatic amines is 1. The Morgan fingerprint density at radius 1 is 1.10 bits per heavy atom. The first-order valence-electron chi connectivity index (χ1n) is 10.6. The van der Waals surface area contributed by atoms with Gasteiger partial charge < -0.3 is 0 Å². The van der Waals surface area contributed by atoms with E-state index in [0.717, 1.165) is 47.5 Å². The number of aromatic nitrogens is 5. The van der Waals surface area contributed by atoms with E-state index in [1.165, 1.54) is 0 Å². The van der Waals surface area contributed by atoms with Gasteiger partial charge in [0.25, 0.3) is 0 Å². The van der Waals surface area contributed by atoms with E-state index in [1.807, 2.05) is 18.0 Å². The SMILES string of the molecule is CCCC(=O)N1CN=C(Cc2ccc(-c3ccncc3-c3nnn[nH]3)cc2)N1CCC. The second-order valence-corrected chi connectivity index (χ2v) is 7.43. The lowest BCUT2D eigenvalue weighted by Gasteiger charge is -2.30. The summed E-state index contributed by atoms with van der Waals surface area (Å²) in [5.41, 5.74) is 4.04. The van der Waals surface area contributed by atoms with E-state index in [4.69, 9.17) is 0 Å². The number of tetrazole rings is 1. The van der Waals surface area contributed by atoms with Gasteiger partial charge in [0.1, 0.15) is 12.5 Å². The number of hydrogen-bond donors (Lipinski definition) is 1. The van der Waals surface area contributed by atoms with Gasteiger partial charge in [-0.3, -0.25) is 14.8 Å². The summed E-state index contributed by atoms with van der Waals surface area (Å²) in [5.74, 6) is 1.66. The van der Waals surface area contributed by atoms with Gasteiger partial charge in [0, 0.05) is 37.3 Å². The number of rotatable bonds is 8. The lowest BCUT2D eigenvalue weighted by molar-refractivity contribution is -0.141. The van der Waals surface area contributed by atoms with E-state index in [-0.39, 0.29) is 5.91 Å². The quantitative estimate of drug-likeness (QED) is 0.603. The first-order chi connectivity index (χ1) is 15.2. The maximum absolute atomic E-state index is 12.4. The molecular formula is C22H26N8O. The van der Waals surface area contributed by atoms with Crippen molar-refractivity contribution in [3.63, 3.8) is 0 Å². The standard InChI is InChI=1S/C22H26N8O/c1-3-5-21(31)30-15-24-20(29(30)12-4-2)13-16-6-8-17(9-7-16)18-10-11-23-14-19(18)22-25-27-28-26-22/h6-11,14H,3-5,12-13,15H2,1-2H3,(H,25,26,27,28). The van der Waals surface area contributed by atoms with Gasteiger partial charge in [0.15, 0.2) is 5.82 Å². The Balaban J connectivity index is 1.52. The molecule has 0 bridgehead atoms. The van der Waals surface area contributed by atoms with Crippen molar-refractivity contribution < 1.29 is 4.79 Å². The molecule has 1 aliphatic heterocycles. The number of nitrogens with one attached hydrogen (secondary N) is 1. The van der Waals surface area contributed by atoms with Crippen LogP contribution in [0.1, 0.15) is 38.7 Å². The molecule has 1 amide bonds. The van der Waals surface area contributed by atoms with Crippen molar-refractivity contribution in [2.45, 2.75) is 39.5 Å². The molecule has 0 saturated heterocycles. The highest BCUT2D eigenvalue weighted by molar-refractivity contribution is 5.89. The van der Waals surface area contributed by atoms with Gasteiger partial charge in [0.05, 0.1) is 0 Å². The van der Waals surface area contributed by atoms with Gasteiger partial charge in [-0.1, -0.05) is 38.1 Å². The molecule has 160 valence electrons. The Labute approximate surface area is 181 Å². The van der Waals surface area contributed by atoms with Gasteiger partial charge in [-0.15, -0.1) is 5.10 Å². The number of nitrogens with zero attached hydrogens (tertiary/aromatic N) is 7. The third-order valence-corrected chi connectivity index (χ3v) is 5.21. The number of H-pyrrole nitrogens is 1. The molecule has 0 aliphatic carbocycles. The first-order valence-corrected chi connectivity index (χ1v) is 10.6. The highest BCUT2D eigenvalue weighted by atomic mass is 16.2. The lowest BCUT2D eigenvalue weighted by atomic mass is 9.99. The Kier molecular flexibility index (Phi) is 6.30. The number of amidine groups is 1. The number of hydrogen-bond acceptors (Lipinski definition) is 7. The minimum atomic E-state index is 0.136. The smallest absolute Gasteiger partial charge is 0.242 e. The fraction of sp³-hybridized carbons (Fsp3) is 0.364. The molecule has 1 aromatic carbocycles. The Morgan fingerprint density at radius 2 is 1.94 bits per heavy atom. The van der Waals surface area contributed by atoms with Crippen molar-refractivity contribution >= 4 is 11.7 Å². The minimum Gasteiger partial charge on any atom is -0.273 e. The summed E-state index contributed by atoms with van der Waals surface area (Å²) in [6.07, 6.45) is 6.54. The van der Waals surface area contributed by atoms with E-state index in [9.17, 15) is 4.79 Å². The molecular weight excluding hydrogens is 392 g/mol. The second-order valence-electron chi connectivity index (χ2n) is 7.43. The van der Waals surface area contributed by atoms with Crippen LogP contribution in [0.5, 0.6) is 0 Å². The summed E-state index contributed by atoms with van der Waals surface area (Å²) in [6.45, 7) is 5.34. The highest BCUT2D eigenvalue weighted by Gasteiger charge is 2.28. The van der Waals surface area contributed by atoms with Crippen molar-refractivity contribution in [3.05, 3.63) is 48.3 Å². The predicted octanol–water partition coefficient (Wildman–Crippen LogP) is 3.10. The number of carbonyl (C=O) groups is 1. The van der Waals surface area contributed by atoms with Crippen LogP contribution < -0.4 is 0 Å². The third-order valence-electron chi connectivity index (χ3n) is 5.21. The lowest BCUT2D eigenvalue weighted by Crippen LogP contribution is -2.45. The van der Waals surface area contributed by atoms with Gasteiger partial charge >= 0.3 is 0 Å². The molecule has 3 heterocycles. The Bertz CT molecular complexity index is 1050. The molecule has 1 aliphatic rings. The normalized spacial score (nSPS) is 13.5. The number of amides is 1. The van der Waals surface area contributed by atoms with Crippen LogP contribution in [-0.2, 0) is 11.2 Å². The van der Waals surface area contributed by atoms with Crippen LogP contribution in [0.4, 0.5) is 0 Å². The van der Waals surface area contributed by atoms with Crippen LogP contribution in [0, 0.1) is 0 Å². The van der Waals surface area contributed by atoms with Crippen molar-refractivity contribution in [2.24, 2.45) is 4.99 Å². The zero-order chi connectivity index (χ0) is 21.6. The fourth-order valence-corrected chi connectivity index (χ4v) is 3.70. The van der Waals surface area contributed by atoms with Gasteiger partial charge in [-0.25, -0.2) is 15.1 Å².